The Balaban J connectivity index is 2.21. The van der Waals surface area contributed by atoms with Crippen molar-refractivity contribution in [2.45, 2.75) is 11.2 Å². The second kappa shape index (κ2) is 4.95. The van der Waals surface area contributed by atoms with E-state index in [4.69, 9.17) is 0 Å². The maximum Gasteiger partial charge on any atom is 0.0214 e. The Labute approximate surface area is 103 Å². The van der Waals surface area contributed by atoms with Gasteiger partial charge in [-0.15, -0.1) is 9.24 Å². The van der Waals surface area contributed by atoms with Crippen molar-refractivity contribution in [3.63, 3.8) is 0 Å². The first-order valence-electron chi connectivity index (χ1n) is 5.57. The standard InChI is InChI=1S/C14H17PSi/c15-14(16,13-9-5-2-6-10-13)11-12-7-3-1-4-8-12/h1-10H,11,15H2,16H3. The summed E-state index contributed by atoms with van der Waals surface area (Å²) >= 11 is 0. The molecule has 2 unspecified atom stereocenters. The molecule has 0 bridgehead atoms. The lowest BCUT2D eigenvalue weighted by Gasteiger charge is -2.25. The van der Waals surface area contributed by atoms with Gasteiger partial charge in [-0.1, -0.05) is 60.7 Å². The molecule has 0 radical (unpaired) electrons. The summed E-state index contributed by atoms with van der Waals surface area (Å²) in [6.45, 7) is 0. The minimum Gasteiger partial charge on any atom is -0.130 e. The van der Waals surface area contributed by atoms with Crippen LogP contribution in [0.25, 0.3) is 0 Å². The van der Waals surface area contributed by atoms with Gasteiger partial charge in [0.05, 0.1) is 0 Å². The molecule has 2 aromatic rings. The molecule has 0 fully saturated rings. The van der Waals surface area contributed by atoms with E-state index < -0.39 is 0 Å². The summed E-state index contributed by atoms with van der Waals surface area (Å²) in [5.74, 6) is 0. The zero-order chi connectivity index (χ0) is 11.4. The second-order valence-electron chi connectivity index (χ2n) is 4.45. The van der Waals surface area contributed by atoms with Crippen LogP contribution in [0, 0.1) is 0 Å². The van der Waals surface area contributed by atoms with Gasteiger partial charge in [0.2, 0.25) is 0 Å². The van der Waals surface area contributed by atoms with Crippen LogP contribution in [0.4, 0.5) is 0 Å². The molecule has 16 heavy (non-hydrogen) atoms. The fraction of sp³-hybridized carbons (Fsp3) is 0.143. The molecule has 0 heterocycles. The van der Waals surface area contributed by atoms with Crippen molar-refractivity contribution in [2.75, 3.05) is 0 Å². The van der Waals surface area contributed by atoms with E-state index in [-0.39, 0.29) is 4.78 Å². The van der Waals surface area contributed by atoms with E-state index in [2.05, 4.69) is 69.9 Å². The highest BCUT2D eigenvalue weighted by Gasteiger charge is 2.20. The summed E-state index contributed by atoms with van der Waals surface area (Å²) in [5.41, 5.74) is 2.84. The Kier molecular flexibility index (Phi) is 3.58. The predicted molar refractivity (Wildman–Crippen MR) is 77.9 cm³/mol. The molecule has 0 saturated carbocycles. The second-order valence-corrected chi connectivity index (χ2v) is 8.66. The molecule has 0 amide bonds. The van der Waals surface area contributed by atoms with Crippen molar-refractivity contribution in [1.82, 2.24) is 0 Å². The Morgan fingerprint density at radius 3 is 1.94 bits per heavy atom. The molecule has 2 atom stereocenters. The fourth-order valence-electron chi connectivity index (χ4n) is 1.94. The van der Waals surface area contributed by atoms with Gasteiger partial charge in [0.25, 0.3) is 0 Å². The summed E-state index contributed by atoms with van der Waals surface area (Å²) in [4.78, 5) is 0. The van der Waals surface area contributed by atoms with E-state index in [0.717, 1.165) is 16.7 Å². The van der Waals surface area contributed by atoms with E-state index in [1.807, 2.05) is 0 Å². The molecule has 0 saturated heterocycles. The zero-order valence-electron chi connectivity index (χ0n) is 9.56. The van der Waals surface area contributed by atoms with Crippen LogP contribution < -0.4 is 0 Å². The topological polar surface area (TPSA) is 0 Å². The molecule has 2 heteroatoms. The molecule has 2 aromatic carbocycles. The van der Waals surface area contributed by atoms with Gasteiger partial charge in [0.15, 0.2) is 0 Å². The third kappa shape index (κ3) is 2.81. The minimum atomic E-state index is 0.253. The van der Waals surface area contributed by atoms with Crippen LogP contribution in [-0.2, 0) is 11.2 Å². The summed E-state index contributed by atoms with van der Waals surface area (Å²) < 4.78 is 0.253. The minimum absolute atomic E-state index is 0.253. The SMILES string of the molecule is [SiH3]C(P)(Cc1ccccc1)c1ccccc1. The maximum absolute atomic E-state index is 3.04. The first-order valence-corrected chi connectivity index (χ1v) is 7.14. The van der Waals surface area contributed by atoms with Crippen molar-refractivity contribution >= 4 is 19.5 Å². The third-order valence-corrected chi connectivity index (χ3v) is 4.32. The van der Waals surface area contributed by atoms with Crippen molar-refractivity contribution in [3.05, 3.63) is 71.8 Å². The highest BCUT2D eigenvalue weighted by molar-refractivity contribution is 7.21. The van der Waals surface area contributed by atoms with Gasteiger partial charge in [-0.3, -0.25) is 0 Å². The lowest BCUT2D eigenvalue weighted by atomic mass is 10.0. The zero-order valence-corrected chi connectivity index (χ0v) is 12.7. The van der Waals surface area contributed by atoms with Crippen LogP contribution in [0.3, 0.4) is 0 Å². The summed E-state index contributed by atoms with van der Waals surface area (Å²) in [6, 6.07) is 21.5. The largest absolute Gasteiger partial charge is 0.130 e. The van der Waals surface area contributed by atoms with Crippen LogP contribution in [0.1, 0.15) is 11.1 Å². The van der Waals surface area contributed by atoms with Gasteiger partial charge in [-0.2, -0.15) is 0 Å². The van der Waals surface area contributed by atoms with Crippen LogP contribution in [0.2, 0.25) is 0 Å². The summed E-state index contributed by atoms with van der Waals surface area (Å²) in [5, 5.41) is 0. The average Bonchev–Trinajstić information content (AvgIpc) is 2.31. The van der Waals surface area contributed by atoms with E-state index in [1.165, 1.54) is 11.1 Å². The van der Waals surface area contributed by atoms with Crippen LogP contribution >= 0.6 is 9.24 Å². The predicted octanol–water partition coefficient (Wildman–Crippen LogP) is 2.32. The Morgan fingerprint density at radius 1 is 0.875 bits per heavy atom. The number of hydrogen-bond acceptors (Lipinski definition) is 0. The lowest BCUT2D eigenvalue weighted by molar-refractivity contribution is 0.850. The van der Waals surface area contributed by atoms with Crippen molar-refractivity contribution in [2.24, 2.45) is 0 Å². The average molecular weight is 244 g/mol. The molecule has 0 spiro atoms. The molecule has 2 rings (SSSR count). The molecule has 82 valence electrons. The van der Waals surface area contributed by atoms with E-state index in [9.17, 15) is 0 Å². The van der Waals surface area contributed by atoms with E-state index in [1.54, 1.807) is 0 Å². The Hall–Kier alpha value is -0.913. The lowest BCUT2D eigenvalue weighted by Crippen LogP contribution is -2.21. The quantitative estimate of drug-likeness (QED) is 0.574. The fourth-order valence-corrected chi connectivity index (χ4v) is 3.11. The van der Waals surface area contributed by atoms with Gasteiger partial charge < -0.3 is 0 Å². The first-order chi connectivity index (χ1) is 7.68. The molecule has 0 aliphatic carbocycles. The number of rotatable bonds is 3. The normalized spacial score (nSPS) is 14.6. The number of benzene rings is 2. The van der Waals surface area contributed by atoms with Gasteiger partial charge in [-0.25, -0.2) is 0 Å². The summed E-state index contributed by atoms with van der Waals surface area (Å²) in [7, 11) is 4.17. The maximum atomic E-state index is 3.04. The smallest absolute Gasteiger partial charge is 0.0214 e. The highest BCUT2D eigenvalue weighted by Crippen LogP contribution is 2.31. The molecular formula is C14H17PSi. The van der Waals surface area contributed by atoms with Crippen LogP contribution in [0.15, 0.2) is 60.7 Å². The Morgan fingerprint density at radius 2 is 1.38 bits per heavy atom. The molecule has 0 nitrogen and oxygen atoms in total. The highest BCUT2D eigenvalue weighted by atomic mass is 31.0. The van der Waals surface area contributed by atoms with Crippen molar-refractivity contribution in [1.29, 1.82) is 0 Å². The van der Waals surface area contributed by atoms with Crippen molar-refractivity contribution in [3.8, 4) is 0 Å². The number of hydrogen-bond donors (Lipinski definition) is 0. The monoisotopic (exact) mass is 244 g/mol. The van der Waals surface area contributed by atoms with Gasteiger partial charge in [-0.05, 0) is 22.3 Å². The molecule has 0 N–H and O–H groups in total. The Bertz CT molecular complexity index is 437. The molecular weight excluding hydrogens is 227 g/mol. The van der Waals surface area contributed by atoms with Gasteiger partial charge in [0.1, 0.15) is 0 Å². The first kappa shape index (κ1) is 11.6. The van der Waals surface area contributed by atoms with Gasteiger partial charge in [0, 0.05) is 10.2 Å². The van der Waals surface area contributed by atoms with E-state index >= 15 is 0 Å². The van der Waals surface area contributed by atoms with Crippen LogP contribution in [-0.4, -0.2) is 10.2 Å². The molecule has 0 aliphatic heterocycles. The van der Waals surface area contributed by atoms with Gasteiger partial charge >= 0.3 is 0 Å². The molecule has 0 aromatic heterocycles. The third-order valence-electron chi connectivity index (χ3n) is 2.85. The van der Waals surface area contributed by atoms with E-state index in [0.29, 0.717) is 0 Å². The van der Waals surface area contributed by atoms with Crippen molar-refractivity contribution < 1.29 is 0 Å². The molecule has 0 aliphatic rings. The summed E-state index contributed by atoms with van der Waals surface area (Å²) in [6.07, 6.45) is 1.11. The van der Waals surface area contributed by atoms with Crippen LogP contribution in [0.5, 0.6) is 0 Å².